The molecule has 5 heteroatoms. The number of amides is 1. The molecule has 0 aliphatic heterocycles. The van der Waals surface area contributed by atoms with Crippen LogP contribution in [0, 0.1) is 0 Å². The molecular formula is C20H34N2O3. The predicted molar refractivity (Wildman–Crippen MR) is 102 cm³/mol. The zero-order valence-corrected chi connectivity index (χ0v) is 15.8. The molecule has 0 bridgehead atoms. The Labute approximate surface area is 152 Å². The van der Waals surface area contributed by atoms with E-state index in [4.69, 9.17) is 9.47 Å². The fourth-order valence-electron chi connectivity index (χ4n) is 2.51. The fourth-order valence-corrected chi connectivity index (χ4v) is 2.51. The number of methoxy groups -OCH3 is 1. The quantitative estimate of drug-likeness (QED) is 0.478. The van der Waals surface area contributed by atoms with Crippen molar-refractivity contribution in [2.45, 2.75) is 51.7 Å². The topological polar surface area (TPSA) is 59.6 Å². The molecule has 0 saturated carbocycles. The van der Waals surface area contributed by atoms with Crippen molar-refractivity contribution in [3.63, 3.8) is 0 Å². The Morgan fingerprint density at radius 1 is 1.12 bits per heavy atom. The van der Waals surface area contributed by atoms with Gasteiger partial charge in [0, 0.05) is 26.8 Å². The van der Waals surface area contributed by atoms with Gasteiger partial charge in [0.05, 0.1) is 19.3 Å². The van der Waals surface area contributed by atoms with Crippen LogP contribution >= 0.6 is 0 Å². The molecule has 0 heterocycles. The van der Waals surface area contributed by atoms with Crippen LogP contribution in [0.1, 0.15) is 44.6 Å². The summed E-state index contributed by atoms with van der Waals surface area (Å²) >= 11 is 0. The van der Waals surface area contributed by atoms with Crippen LogP contribution in [0.4, 0.5) is 0 Å². The largest absolute Gasteiger partial charge is 0.382 e. The molecule has 2 N–H and O–H groups in total. The molecule has 142 valence electrons. The van der Waals surface area contributed by atoms with Gasteiger partial charge in [-0.25, -0.2) is 0 Å². The second kappa shape index (κ2) is 14.9. The first-order valence-corrected chi connectivity index (χ1v) is 9.38. The van der Waals surface area contributed by atoms with Crippen LogP contribution in [0.5, 0.6) is 0 Å². The van der Waals surface area contributed by atoms with Crippen LogP contribution in [-0.2, 0) is 20.8 Å². The van der Waals surface area contributed by atoms with Crippen molar-refractivity contribution in [3.05, 3.63) is 35.9 Å². The highest BCUT2D eigenvalue weighted by atomic mass is 16.5. The van der Waals surface area contributed by atoms with E-state index in [1.54, 1.807) is 7.11 Å². The number of unbranched alkanes of at least 4 members (excludes halogenated alkanes) is 4. The van der Waals surface area contributed by atoms with Gasteiger partial charge in [0.25, 0.3) is 0 Å². The minimum absolute atomic E-state index is 0.0245. The number of hydrogen-bond acceptors (Lipinski definition) is 4. The molecule has 0 aliphatic rings. The number of nitrogens with one attached hydrogen (secondary N) is 2. The van der Waals surface area contributed by atoms with Crippen molar-refractivity contribution in [3.8, 4) is 0 Å². The first kappa shape index (κ1) is 21.6. The van der Waals surface area contributed by atoms with E-state index in [1.165, 1.54) is 31.2 Å². The van der Waals surface area contributed by atoms with Crippen molar-refractivity contribution < 1.29 is 14.3 Å². The van der Waals surface area contributed by atoms with E-state index in [1.807, 2.05) is 30.3 Å². The third-order valence-corrected chi connectivity index (χ3v) is 3.94. The molecule has 1 rings (SSSR count). The lowest BCUT2D eigenvalue weighted by molar-refractivity contribution is -0.121. The highest BCUT2D eigenvalue weighted by molar-refractivity contribution is 5.77. The van der Waals surface area contributed by atoms with Gasteiger partial charge in [0.15, 0.2) is 0 Å². The fraction of sp³-hybridized carbons (Fsp3) is 0.650. The lowest BCUT2D eigenvalue weighted by Gasteiger charge is -2.18. The molecule has 0 fully saturated rings. The van der Waals surface area contributed by atoms with Gasteiger partial charge < -0.3 is 20.1 Å². The van der Waals surface area contributed by atoms with E-state index in [0.29, 0.717) is 26.2 Å². The van der Waals surface area contributed by atoms with Crippen LogP contribution < -0.4 is 10.6 Å². The number of ether oxygens (including phenoxy) is 2. The lowest BCUT2D eigenvalue weighted by Crippen LogP contribution is -2.40. The summed E-state index contributed by atoms with van der Waals surface area (Å²) in [5, 5.41) is 6.05. The Hall–Kier alpha value is -1.43. The molecule has 5 nitrogen and oxygen atoms in total. The highest BCUT2D eigenvalue weighted by Crippen LogP contribution is 2.03. The van der Waals surface area contributed by atoms with E-state index < -0.39 is 0 Å². The summed E-state index contributed by atoms with van der Waals surface area (Å²) in [5.74, 6) is -0.0245. The standard InChI is InChI=1S/C20H34N2O3/c1-3-4-5-6-10-13-25-19(17-24-2)15-22-20(23)16-21-14-18-11-8-7-9-12-18/h7-9,11-12,19,21H,3-6,10,13-17H2,1-2H3,(H,22,23). The van der Waals surface area contributed by atoms with Crippen LogP contribution in [0.25, 0.3) is 0 Å². The Kier molecular flexibility index (Phi) is 12.9. The van der Waals surface area contributed by atoms with Gasteiger partial charge in [-0.3, -0.25) is 4.79 Å². The average molecular weight is 351 g/mol. The number of carbonyl (C=O) groups excluding carboxylic acids is 1. The molecule has 0 aliphatic carbocycles. The molecule has 1 aromatic rings. The van der Waals surface area contributed by atoms with E-state index in [-0.39, 0.29) is 12.0 Å². The van der Waals surface area contributed by atoms with E-state index in [0.717, 1.165) is 13.0 Å². The molecule has 1 unspecified atom stereocenters. The summed E-state index contributed by atoms with van der Waals surface area (Å²) in [6.45, 7) is 4.89. The second-order valence-corrected chi connectivity index (χ2v) is 6.26. The van der Waals surface area contributed by atoms with E-state index in [9.17, 15) is 4.79 Å². The van der Waals surface area contributed by atoms with E-state index in [2.05, 4.69) is 17.6 Å². The third-order valence-electron chi connectivity index (χ3n) is 3.94. The maximum Gasteiger partial charge on any atom is 0.234 e. The number of carbonyl (C=O) groups is 1. The second-order valence-electron chi connectivity index (χ2n) is 6.26. The Balaban J connectivity index is 2.12. The maximum absolute atomic E-state index is 11.9. The molecule has 25 heavy (non-hydrogen) atoms. The summed E-state index contributed by atoms with van der Waals surface area (Å²) in [7, 11) is 1.65. The predicted octanol–water partition coefficient (Wildman–Crippen LogP) is 2.89. The summed E-state index contributed by atoms with van der Waals surface area (Å²) in [6.07, 6.45) is 5.97. The molecule has 1 atom stereocenters. The van der Waals surface area contributed by atoms with Gasteiger partial charge >= 0.3 is 0 Å². The molecule has 1 aromatic carbocycles. The van der Waals surface area contributed by atoms with Gasteiger partial charge in [-0.15, -0.1) is 0 Å². The summed E-state index contributed by atoms with van der Waals surface area (Å²) < 4.78 is 11.0. The van der Waals surface area contributed by atoms with Gasteiger partial charge in [0.1, 0.15) is 0 Å². The van der Waals surface area contributed by atoms with Crippen LogP contribution in [0.15, 0.2) is 30.3 Å². The SMILES string of the molecule is CCCCCCCOC(CNC(=O)CNCc1ccccc1)COC. The monoisotopic (exact) mass is 350 g/mol. The van der Waals surface area contributed by atoms with Gasteiger partial charge in [-0.2, -0.15) is 0 Å². The molecule has 0 spiro atoms. The van der Waals surface area contributed by atoms with Crippen molar-refractivity contribution in [2.24, 2.45) is 0 Å². The molecule has 0 radical (unpaired) electrons. The number of hydrogen-bond donors (Lipinski definition) is 2. The zero-order chi connectivity index (χ0) is 18.2. The van der Waals surface area contributed by atoms with Gasteiger partial charge in [-0.05, 0) is 12.0 Å². The first-order valence-electron chi connectivity index (χ1n) is 9.38. The molecule has 0 saturated heterocycles. The van der Waals surface area contributed by atoms with Crippen molar-refractivity contribution in [1.82, 2.24) is 10.6 Å². The third kappa shape index (κ3) is 11.7. The molecular weight excluding hydrogens is 316 g/mol. The number of rotatable bonds is 15. The van der Waals surface area contributed by atoms with Crippen LogP contribution in [0.2, 0.25) is 0 Å². The van der Waals surface area contributed by atoms with Crippen molar-refractivity contribution >= 4 is 5.91 Å². The zero-order valence-electron chi connectivity index (χ0n) is 15.8. The first-order chi connectivity index (χ1) is 12.3. The number of benzene rings is 1. The van der Waals surface area contributed by atoms with Crippen molar-refractivity contribution in [1.29, 1.82) is 0 Å². The Bertz CT molecular complexity index is 440. The minimum atomic E-state index is -0.0887. The molecule has 1 amide bonds. The average Bonchev–Trinajstić information content (AvgIpc) is 2.63. The van der Waals surface area contributed by atoms with Gasteiger partial charge in [0.2, 0.25) is 5.91 Å². The Morgan fingerprint density at radius 2 is 1.88 bits per heavy atom. The Morgan fingerprint density at radius 3 is 2.60 bits per heavy atom. The van der Waals surface area contributed by atoms with Gasteiger partial charge in [-0.1, -0.05) is 62.9 Å². The summed E-state index contributed by atoms with van der Waals surface area (Å²) in [5.41, 5.74) is 1.17. The smallest absolute Gasteiger partial charge is 0.234 e. The van der Waals surface area contributed by atoms with Crippen molar-refractivity contribution in [2.75, 3.05) is 33.4 Å². The molecule has 0 aromatic heterocycles. The van der Waals surface area contributed by atoms with Crippen LogP contribution in [-0.4, -0.2) is 45.4 Å². The highest BCUT2D eigenvalue weighted by Gasteiger charge is 2.10. The summed E-state index contributed by atoms with van der Waals surface area (Å²) in [6, 6.07) is 10.0. The van der Waals surface area contributed by atoms with Crippen LogP contribution in [0.3, 0.4) is 0 Å². The van der Waals surface area contributed by atoms with E-state index >= 15 is 0 Å². The minimum Gasteiger partial charge on any atom is -0.382 e. The lowest BCUT2D eigenvalue weighted by atomic mass is 10.2. The summed E-state index contributed by atoms with van der Waals surface area (Å²) in [4.78, 5) is 11.9. The maximum atomic E-state index is 11.9. The normalized spacial score (nSPS) is 12.1.